The Balaban J connectivity index is 4.25. The average Bonchev–Trinajstić information content (AvgIpc) is 2.30. The van der Waals surface area contributed by atoms with Gasteiger partial charge in [0, 0.05) is 13.2 Å². The van der Waals surface area contributed by atoms with E-state index in [4.69, 9.17) is 24.1 Å². The van der Waals surface area contributed by atoms with E-state index >= 15 is 0 Å². The van der Waals surface area contributed by atoms with E-state index in [1.807, 2.05) is 13.8 Å². The standard InChI is InChI=1S/C12H26O5/c1-4-7-9-17-12(15-5-2,16-6-3)11-14-10-8-13/h13H,4-11H2,1-3H3. The molecule has 0 radical (unpaired) electrons. The van der Waals surface area contributed by atoms with Gasteiger partial charge in [0.05, 0.1) is 19.8 Å². The van der Waals surface area contributed by atoms with E-state index in [1.165, 1.54) is 0 Å². The minimum absolute atomic E-state index is 0.0245. The fraction of sp³-hybridized carbons (Fsp3) is 1.00. The number of rotatable bonds is 12. The van der Waals surface area contributed by atoms with Gasteiger partial charge in [-0.05, 0) is 20.3 Å². The largest absolute Gasteiger partial charge is 0.394 e. The minimum atomic E-state index is -1.13. The Morgan fingerprint density at radius 3 is 2.06 bits per heavy atom. The van der Waals surface area contributed by atoms with Gasteiger partial charge < -0.3 is 24.1 Å². The third kappa shape index (κ3) is 7.68. The molecule has 17 heavy (non-hydrogen) atoms. The predicted molar refractivity (Wildman–Crippen MR) is 64.7 cm³/mol. The molecular weight excluding hydrogens is 224 g/mol. The van der Waals surface area contributed by atoms with Crippen LogP contribution in [0, 0.1) is 0 Å². The maximum atomic E-state index is 8.69. The van der Waals surface area contributed by atoms with E-state index in [0.717, 1.165) is 12.8 Å². The second kappa shape index (κ2) is 10.9. The Bertz CT molecular complexity index is 145. The molecule has 0 heterocycles. The van der Waals surface area contributed by atoms with Gasteiger partial charge >= 0.3 is 5.97 Å². The molecule has 0 aliphatic heterocycles. The normalized spacial score (nSPS) is 12.0. The molecule has 1 N–H and O–H groups in total. The summed E-state index contributed by atoms with van der Waals surface area (Å²) in [4.78, 5) is 0. The fourth-order valence-corrected chi connectivity index (χ4v) is 1.32. The van der Waals surface area contributed by atoms with Crippen LogP contribution in [-0.2, 0) is 18.9 Å². The van der Waals surface area contributed by atoms with Crippen LogP contribution >= 0.6 is 0 Å². The molecule has 0 atom stereocenters. The van der Waals surface area contributed by atoms with Crippen molar-refractivity contribution in [3.8, 4) is 0 Å². The van der Waals surface area contributed by atoms with Crippen LogP contribution in [-0.4, -0.2) is 50.7 Å². The number of aliphatic hydroxyl groups excluding tert-OH is 1. The van der Waals surface area contributed by atoms with Crippen LogP contribution in [0.2, 0.25) is 0 Å². The van der Waals surface area contributed by atoms with Gasteiger partial charge in [-0.1, -0.05) is 13.3 Å². The van der Waals surface area contributed by atoms with Crippen LogP contribution in [0.1, 0.15) is 33.6 Å². The Labute approximate surface area is 104 Å². The Morgan fingerprint density at radius 1 is 0.941 bits per heavy atom. The number of aliphatic hydroxyl groups is 1. The first kappa shape index (κ1) is 16.8. The Hall–Kier alpha value is -0.200. The number of hydrogen-bond donors (Lipinski definition) is 1. The fourth-order valence-electron chi connectivity index (χ4n) is 1.32. The molecule has 5 heteroatoms. The van der Waals surface area contributed by atoms with Crippen molar-refractivity contribution in [2.45, 2.75) is 39.6 Å². The van der Waals surface area contributed by atoms with Gasteiger partial charge in [0.15, 0.2) is 0 Å². The van der Waals surface area contributed by atoms with Crippen molar-refractivity contribution in [2.75, 3.05) is 39.6 Å². The van der Waals surface area contributed by atoms with E-state index in [9.17, 15) is 0 Å². The van der Waals surface area contributed by atoms with E-state index in [2.05, 4.69) is 6.92 Å². The Morgan fingerprint density at radius 2 is 1.59 bits per heavy atom. The molecule has 104 valence electrons. The summed E-state index contributed by atoms with van der Waals surface area (Å²) in [6.45, 7) is 7.77. The zero-order chi connectivity index (χ0) is 13.0. The van der Waals surface area contributed by atoms with Gasteiger partial charge in [0.1, 0.15) is 6.61 Å². The van der Waals surface area contributed by atoms with Crippen LogP contribution in [0.3, 0.4) is 0 Å². The molecule has 0 saturated heterocycles. The lowest BCUT2D eigenvalue weighted by molar-refractivity contribution is -0.392. The molecule has 0 spiro atoms. The summed E-state index contributed by atoms with van der Waals surface area (Å²) >= 11 is 0. The first-order chi connectivity index (χ1) is 8.24. The number of hydrogen-bond acceptors (Lipinski definition) is 5. The molecule has 0 aromatic heterocycles. The first-order valence-electron chi connectivity index (χ1n) is 6.35. The second-order valence-corrected chi connectivity index (χ2v) is 3.53. The van der Waals surface area contributed by atoms with Crippen molar-refractivity contribution in [3.05, 3.63) is 0 Å². The van der Waals surface area contributed by atoms with Gasteiger partial charge in [-0.3, -0.25) is 0 Å². The summed E-state index contributed by atoms with van der Waals surface area (Å²) < 4.78 is 21.9. The van der Waals surface area contributed by atoms with E-state index < -0.39 is 5.97 Å². The summed E-state index contributed by atoms with van der Waals surface area (Å²) in [5.74, 6) is -1.13. The van der Waals surface area contributed by atoms with Crippen molar-refractivity contribution in [1.29, 1.82) is 0 Å². The molecule has 0 rings (SSSR count). The average molecular weight is 250 g/mol. The van der Waals surface area contributed by atoms with Crippen molar-refractivity contribution in [1.82, 2.24) is 0 Å². The van der Waals surface area contributed by atoms with Crippen LogP contribution in [0.4, 0.5) is 0 Å². The van der Waals surface area contributed by atoms with Gasteiger partial charge in [0.25, 0.3) is 0 Å². The van der Waals surface area contributed by atoms with Gasteiger partial charge in [-0.2, -0.15) is 0 Å². The molecule has 0 saturated carbocycles. The SMILES string of the molecule is CCCCOC(COCCO)(OCC)OCC. The Kier molecular flexibility index (Phi) is 10.8. The quantitative estimate of drug-likeness (QED) is 0.420. The highest BCUT2D eigenvalue weighted by molar-refractivity contribution is 4.57. The monoisotopic (exact) mass is 250 g/mol. The zero-order valence-corrected chi connectivity index (χ0v) is 11.2. The predicted octanol–water partition coefficient (Wildman–Crippen LogP) is 1.54. The summed E-state index contributed by atoms with van der Waals surface area (Å²) in [6, 6.07) is 0. The summed E-state index contributed by atoms with van der Waals surface area (Å²) in [7, 11) is 0. The van der Waals surface area contributed by atoms with Gasteiger partial charge in [0.2, 0.25) is 0 Å². The van der Waals surface area contributed by atoms with Crippen molar-refractivity contribution < 1.29 is 24.1 Å². The van der Waals surface area contributed by atoms with Crippen LogP contribution in [0.25, 0.3) is 0 Å². The first-order valence-corrected chi connectivity index (χ1v) is 6.35. The molecule has 0 aliphatic rings. The zero-order valence-electron chi connectivity index (χ0n) is 11.2. The maximum absolute atomic E-state index is 8.69. The summed E-state index contributed by atoms with van der Waals surface area (Å²) in [6.07, 6.45) is 1.99. The highest BCUT2D eigenvalue weighted by atomic mass is 16.9. The van der Waals surface area contributed by atoms with Gasteiger partial charge in [-0.25, -0.2) is 0 Å². The summed E-state index contributed by atoms with van der Waals surface area (Å²) in [5, 5.41) is 8.69. The highest BCUT2D eigenvalue weighted by Gasteiger charge is 2.33. The lowest BCUT2D eigenvalue weighted by Crippen LogP contribution is -2.44. The van der Waals surface area contributed by atoms with E-state index in [1.54, 1.807) is 0 Å². The molecule has 0 aromatic carbocycles. The van der Waals surface area contributed by atoms with Crippen LogP contribution in [0.5, 0.6) is 0 Å². The molecule has 0 unspecified atom stereocenters. The molecule has 0 aromatic rings. The third-order valence-electron chi connectivity index (χ3n) is 2.06. The maximum Gasteiger partial charge on any atom is 0.307 e. The lowest BCUT2D eigenvalue weighted by atomic mass is 10.4. The minimum Gasteiger partial charge on any atom is -0.394 e. The summed E-state index contributed by atoms with van der Waals surface area (Å²) in [5.41, 5.74) is 0. The van der Waals surface area contributed by atoms with Crippen molar-refractivity contribution in [3.63, 3.8) is 0 Å². The molecule has 0 bridgehead atoms. The van der Waals surface area contributed by atoms with Crippen LogP contribution in [0.15, 0.2) is 0 Å². The molecule has 5 nitrogen and oxygen atoms in total. The number of ether oxygens (including phenoxy) is 4. The van der Waals surface area contributed by atoms with E-state index in [-0.39, 0.29) is 19.8 Å². The van der Waals surface area contributed by atoms with Crippen molar-refractivity contribution in [2.24, 2.45) is 0 Å². The van der Waals surface area contributed by atoms with Crippen molar-refractivity contribution >= 4 is 0 Å². The van der Waals surface area contributed by atoms with E-state index in [0.29, 0.717) is 19.8 Å². The molecule has 0 aliphatic carbocycles. The molecular formula is C12H26O5. The topological polar surface area (TPSA) is 57.2 Å². The second-order valence-electron chi connectivity index (χ2n) is 3.53. The van der Waals surface area contributed by atoms with Crippen LogP contribution < -0.4 is 0 Å². The third-order valence-corrected chi connectivity index (χ3v) is 2.06. The lowest BCUT2D eigenvalue weighted by Gasteiger charge is -2.32. The van der Waals surface area contributed by atoms with Gasteiger partial charge in [-0.15, -0.1) is 0 Å². The number of unbranched alkanes of at least 4 members (excludes halogenated alkanes) is 1. The molecule has 0 fully saturated rings. The highest BCUT2D eigenvalue weighted by Crippen LogP contribution is 2.17. The smallest absolute Gasteiger partial charge is 0.307 e. The molecule has 0 amide bonds.